The fraction of sp³-hybridized carbons (Fsp3) is 0.333. The van der Waals surface area contributed by atoms with Crippen molar-refractivity contribution in [3.05, 3.63) is 208 Å². The third-order valence-corrected chi connectivity index (χ3v) is 18.4. The zero-order valence-corrected chi connectivity index (χ0v) is 48.3. The molecular weight excluding hydrogens is 918 g/mol. The van der Waals surface area contributed by atoms with E-state index in [0.717, 1.165) is 12.8 Å². The number of fused-ring (bicyclic) bond motifs is 9. The third-order valence-electron chi connectivity index (χ3n) is 18.4. The van der Waals surface area contributed by atoms with Gasteiger partial charge in [0.1, 0.15) is 0 Å². The van der Waals surface area contributed by atoms with E-state index in [2.05, 4.69) is 283 Å². The van der Waals surface area contributed by atoms with E-state index in [0.29, 0.717) is 0 Å². The predicted octanol–water partition coefficient (Wildman–Crippen LogP) is 17.5. The predicted molar refractivity (Wildman–Crippen MR) is 328 cm³/mol. The molecule has 3 aliphatic heterocycles. The summed E-state index contributed by atoms with van der Waals surface area (Å²) in [5.74, 6) is 0. The van der Waals surface area contributed by atoms with Crippen molar-refractivity contribution in [1.82, 2.24) is 0 Å². The van der Waals surface area contributed by atoms with Gasteiger partial charge in [-0.2, -0.15) is 0 Å². The van der Waals surface area contributed by atoms with E-state index in [1.165, 1.54) is 123 Å². The van der Waals surface area contributed by atoms with Gasteiger partial charge in [0.25, 0.3) is 6.71 Å². The molecule has 0 saturated heterocycles. The minimum atomic E-state index is -0.410. The zero-order chi connectivity index (χ0) is 53.8. The molecule has 8 aromatic carbocycles. The van der Waals surface area contributed by atoms with Crippen molar-refractivity contribution >= 4 is 68.6 Å². The molecule has 8 aromatic rings. The van der Waals surface area contributed by atoms with E-state index in [9.17, 15) is 0 Å². The normalized spacial score (nSPS) is 18.7. The molecule has 0 radical (unpaired) electrons. The van der Waals surface area contributed by atoms with Gasteiger partial charge in [-0.1, -0.05) is 205 Å². The zero-order valence-electron chi connectivity index (χ0n) is 48.3. The highest BCUT2D eigenvalue weighted by atomic mass is 15.3. The van der Waals surface area contributed by atoms with Crippen molar-refractivity contribution in [3.8, 4) is 11.1 Å². The number of nitrogens with zero attached hydrogens (tertiary/aromatic N) is 3. The summed E-state index contributed by atoms with van der Waals surface area (Å²) in [5.41, 5.74) is 27.8. The maximum Gasteiger partial charge on any atom is 0.252 e. The summed E-state index contributed by atoms with van der Waals surface area (Å²) in [5, 5.41) is 0. The van der Waals surface area contributed by atoms with Crippen molar-refractivity contribution in [2.45, 2.75) is 156 Å². The summed E-state index contributed by atoms with van der Waals surface area (Å²) in [6.45, 7) is 38.0. The first-order valence-electron chi connectivity index (χ1n) is 28.2. The van der Waals surface area contributed by atoms with Crippen molar-refractivity contribution in [2.75, 3.05) is 14.7 Å². The number of aryl methyl sites for hydroxylation is 3. The van der Waals surface area contributed by atoms with Crippen LogP contribution in [0.5, 0.6) is 0 Å². The van der Waals surface area contributed by atoms with Crippen LogP contribution in [0.2, 0.25) is 0 Å². The van der Waals surface area contributed by atoms with Crippen molar-refractivity contribution < 1.29 is 0 Å². The molecule has 0 fully saturated rings. The molecule has 0 saturated carbocycles. The lowest BCUT2D eigenvalue weighted by atomic mass is 9.33. The minimum Gasteiger partial charge on any atom is -0.330 e. The summed E-state index contributed by atoms with van der Waals surface area (Å²) in [6, 6.07) is 62.4. The average Bonchev–Trinajstić information content (AvgIpc) is 3.80. The van der Waals surface area contributed by atoms with Gasteiger partial charge in [-0.25, -0.2) is 0 Å². The van der Waals surface area contributed by atoms with E-state index in [1.54, 1.807) is 0 Å². The first-order valence-corrected chi connectivity index (χ1v) is 28.2. The molecule has 3 heterocycles. The lowest BCUT2D eigenvalue weighted by Gasteiger charge is -2.52. The summed E-state index contributed by atoms with van der Waals surface area (Å²) in [6.07, 6.45) is 2.12. The smallest absolute Gasteiger partial charge is 0.252 e. The van der Waals surface area contributed by atoms with Gasteiger partial charge in [-0.05, 0) is 170 Å². The van der Waals surface area contributed by atoms with Crippen LogP contribution in [0.25, 0.3) is 11.1 Å². The standard InChI is InChI=1S/C72H78BN3/c1-45-37-46(2)66-57(38-45)71(15)36-35-48-25-20-21-28-56(48)72(71,16)76(66)54-43-63-65-64(44-54)75(60-34-31-50(68(6,7)8)40-55(60)47-23-18-17-19-24-47)62-42-52(70(12,13)14)30-33-59(62)73(65)58-32-29-51(69(9,10)11)41-61(58)74(63)53-27-22-26-49(39-53)67(3,4)5/h17-34,37-44H,35-36H2,1-16H3. The first-order chi connectivity index (χ1) is 35.8. The molecule has 2 unspecified atom stereocenters. The molecule has 12 rings (SSSR count). The van der Waals surface area contributed by atoms with E-state index in [1.807, 2.05) is 0 Å². The summed E-state index contributed by atoms with van der Waals surface area (Å²) >= 11 is 0. The number of hydrogen-bond acceptors (Lipinski definition) is 3. The number of hydrogen-bond donors (Lipinski definition) is 0. The van der Waals surface area contributed by atoms with Crippen LogP contribution >= 0.6 is 0 Å². The van der Waals surface area contributed by atoms with Crippen LogP contribution in [-0.4, -0.2) is 6.71 Å². The van der Waals surface area contributed by atoms with Gasteiger partial charge in [0.05, 0.1) is 11.2 Å². The first kappa shape index (κ1) is 50.1. The van der Waals surface area contributed by atoms with Crippen LogP contribution in [-0.2, 0) is 39.0 Å². The second-order valence-electron chi connectivity index (χ2n) is 27.6. The summed E-state index contributed by atoms with van der Waals surface area (Å²) < 4.78 is 0. The molecule has 2 atom stereocenters. The maximum atomic E-state index is 2.83. The highest BCUT2D eigenvalue weighted by Gasteiger charge is 2.61. The Morgan fingerprint density at radius 3 is 1.63 bits per heavy atom. The molecule has 384 valence electrons. The molecular formula is C72H78BN3. The second kappa shape index (κ2) is 16.9. The Morgan fingerprint density at radius 2 is 1.00 bits per heavy atom. The highest BCUT2D eigenvalue weighted by molar-refractivity contribution is 7.00. The molecule has 76 heavy (non-hydrogen) atoms. The fourth-order valence-corrected chi connectivity index (χ4v) is 13.9. The lowest BCUT2D eigenvalue weighted by molar-refractivity contribution is 0.245. The van der Waals surface area contributed by atoms with Crippen molar-refractivity contribution in [3.63, 3.8) is 0 Å². The van der Waals surface area contributed by atoms with Crippen LogP contribution in [0, 0.1) is 13.8 Å². The fourth-order valence-electron chi connectivity index (χ4n) is 13.9. The van der Waals surface area contributed by atoms with Gasteiger partial charge in [0.2, 0.25) is 0 Å². The van der Waals surface area contributed by atoms with E-state index in [-0.39, 0.29) is 33.8 Å². The van der Waals surface area contributed by atoms with Gasteiger partial charge in [-0.3, -0.25) is 0 Å². The molecule has 0 N–H and O–H groups in total. The quantitative estimate of drug-likeness (QED) is 0.163. The number of anilines is 8. The van der Waals surface area contributed by atoms with Gasteiger partial charge in [0, 0.05) is 50.8 Å². The Kier molecular flexibility index (Phi) is 11.1. The van der Waals surface area contributed by atoms with Gasteiger partial charge in [0.15, 0.2) is 0 Å². The largest absolute Gasteiger partial charge is 0.330 e. The number of benzene rings is 8. The molecule has 0 amide bonds. The Hall–Kier alpha value is -6.78. The van der Waals surface area contributed by atoms with Crippen LogP contribution in [0.1, 0.15) is 153 Å². The Balaban J connectivity index is 1.28. The molecule has 0 spiro atoms. The van der Waals surface area contributed by atoms with Crippen molar-refractivity contribution in [1.29, 1.82) is 0 Å². The van der Waals surface area contributed by atoms with Gasteiger partial charge >= 0.3 is 0 Å². The van der Waals surface area contributed by atoms with Crippen LogP contribution < -0.4 is 31.1 Å². The maximum absolute atomic E-state index is 2.83. The molecule has 0 bridgehead atoms. The topological polar surface area (TPSA) is 9.72 Å². The molecule has 3 nitrogen and oxygen atoms in total. The molecule has 4 aliphatic rings. The Bertz CT molecular complexity index is 3670. The van der Waals surface area contributed by atoms with E-state index < -0.39 is 5.54 Å². The van der Waals surface area contributed by atoms with Gasteiger partial charge < -0.3 is 14.7 Å². The second-order valence-corrected chi connectivity index (χ2v) is 27.6. The lowest BCUT2D eigenvalue weighted by Crippen LogP contribution is -2.61. The van der Waals surface area contributed by atoms with Crippen LogP contribution in [0.3, 0.4) is 0 Å². The van der Waals surface area contributed by atoms with Crippen molar-refractivity contribution in [2.24, 2.45) is 0 Å². The Morgan fingerprint density at radius 1 is 0.447 bits per heavy atom. The summed E-state index contributed by atoms with van der Waals surface area (Å²) in [4.78, 5) is 8.19. The van der Waals surface area contributed by atoms with E-state index >= 15 is 0 Å². The monoisotopic (exact) mass is 996 g/mol. The third kappa shape index (κ3) is 7.50. The molecule has 4 heteroatoms. The minimum absolute atomic E-state index is 0.0362. The Labute approximate surface area is 456 Å². The van der Waals surface area contributed by atoms with Crippen LogP contribution in [0.15, 0.2) is 158 Å². The van der Waals surface area contributed by atoms with E-state index in [4.69, 9.17) is 0 Å². The molecule has 1 aliphatic carbocycles. The number of rotatable bonds is 4. The van der Waals surface area contributed by atoms with Crippen LogP contribution in [0.4, 0.5) is 45.5 Å². The average molecular weight is 996 g/mol. The van der Waals surface area contributed by atoms with Gasteiger partial charge in [-0.15, -0.1) is 0 Å². The summed E-state index contributed by atoms with van der Waals surface area (Å²) in [7, 11) is 0. The highest BCUT2D eigenvalue weighted by Crippen LogP contribution is 2.65. The SMILES string of the molecule is Cc1cc(C)c2c(c1)C1(C)CCc3ccccc3C1(C)N2c1cc2c3c(c1)N(c1ccc(C(C)(C)C)cc1-c1ccccc1)c1cc(C(C)(C)C)ccc1B3c1ccc(C(C)(C)C)cc1N2c1cccc(C(C)(C)C)c1. The molecule has 0 aromatic heterocycles.